The fourth-order valence-corrected chi connectivity index (χ4v) is 0.496. The van der Waals surface area contributed by atoms with E-state index in [2.05, 4.69) is 9.47 Å². The number of rotatable bonds is 4. The van der Waals surface area contributed by atoms with Gasteiger partial charge < -0.3 is 19.7 Å². The largest absolute Gasteiger partial charge is 0.393 e. The Hall–Kier alpha value is -0.160. The number of aliphatic hydroxyl groups is 2. The van der Waals surface area contributed by atoms with E-state index in [1.165, 1.54) is 14.2 Å². The summed E-state index contributed by atoms with van der Waals surface area (Å²) >= 11 is 0. The summed E-state index contributed by atoms with van der Waals surface area (Å²) in [7, 11) is 2.79. The number of hydrogen-bond donors (Lipinski definition) is 2. The molecule has 0 bridgehead atoms. The van der Waals surface area contributed by atoms with Gasteiger partial charge in [-0.15, -0.1) is 0 Å². The highest BCUT2D eigenvalue weighted by Crippen LogP contribution is 1.96. The lowest BCUT2D eigenvalue weighted by Crippen LogP contribution is -2.32. The van der Waals surface area contributed by atoms with Gasteiger partial charge in [0.2, 0.25) is 0 Å². The maximum atomic E-state index is 8.82. The molecule has 0 aromatic heterocycles. The lowest BCUT2D eigenvalue weighted by Gasteiger charge is -2.17. The van der Waals surface area contributed by atoms with Gasteiger partial charge in [0.25, 0.3) is 0 Å². The van der Waals surface area contributed by atoms with Crippen LogP contribution in [0.4, 0.5) is 0 Å². The van der Waals surface area contributed by atoms with Gasteiger partial charge in [0.1, 0.15) is 6.10 Å². The minimum absolute atomic E-state index is 0.355. The first-order chi connectivity index (χ1) is 4.26. The summed E-state index contributed by atoms with van der Waals surface area (Å²) in [5.41, 5.74) is 0. The summed E-state index contributed by atoms with van der Waals surface area (Å²) in [6, 6.07) is 0. The average Bonchev–Trinajstić information content (AvgIpc) is 1.90. The second kappa shape index (κ2) is 4.69. The first kappa shape index (κ1) is 8.84. The van der Waals surface area contributed by atoms with Gasteiger partial charge in [0.05, 0.1) is 6.61 Å². The van der Waals surface area contributed by atoms with E-state index >= 15 is 0 Å². The van der Waals surface area contributed by atoms with Crippen molar-refractivity contribution < 1.29 is 19.7 Å². The Kier molecular flexibility index (Phi) is 4.61. The summed E-state index contributed by atoms with van der Waals surface area (Å²) in [5, 5.41) is 17.2. The van der Waals surface area contributed by atoms with E-state index in [0.717, 1.165) is 0 Å². The predicted octanol–water partition coefficient (Wildman–Crippen LogP) is -1.04. The molecule has 4 heteroatoms. The van der Waals surface area contributed by atoms with E-state index in [1.54, 1.807) is 0 Å². The normalized spacial score (nSPS) is 14.3. The van der Waals surface area contributed by atoms with Crippen molar-refractivity contribution in [3.63, 3.8) is 0 Å². The third kappa shape index (κ3) is 2.76. The van der Waals surface area contributed by atoms with Crippen molar-refractivity contribution in [1.29, 1.82) is 0 Å². The van der Waals surface area contributed by atoms with Crippen LogP contribution in [0.3, 0.4) is 0 Å². The van der Waals surface area contributed by atoms with E-state index in [1.807, 2.05) is 0 Å². The van der Waals surface area contributed by atoms with Gasteiger partial charge in [0.15, 0.2) is 6.29 Å². The van der Waals surface area contributed by atoms with Crippen LogP contribution in [0.2, 0.25) is 0 Å². The van der Waals surface area contributed by atoms with Gasteiger partial charge >= 0.3 is 0 Å². The first-order valence-corrected chi connectivity index (χ1v) is 2.60. The molecule has 56 valence electrons. The topological polar surface area (TPSA) is 58.9 Å². The van der Waals surface area contributed by atoms with Crippen molar-refractivity contribution in [2.24, 2.45) is 0 Å². The maximum Gasteiger partial charge on any atom is 0.184 e. The van der Waals surface area contributed by atoms with E-state index < -0.39 is 12.4 Å². The standard InChI is InChI=1S/C5H12O4/c1-8-5(9-2)4(7)3-6/h4-7H,3H2,1-2H3/t4-/m1/s1. The molecule has 0 radical (unpaired) electrons. The molecule has 0 aliphatic carbocycles. The molecule has 9 heavy (non-hydrogen) atoms. The molecule has 0 saturated carbocycles. The second-order valence-electron chi connectivity index (χ2n) is 1.59. The summed E-state index contributed by atoms with van der Waals surface area (Å²) in [6.07, 6.45) is -1.69. The number of aliphatic hydroxyl groups excluding tert-OH is 2. The van der Waals surface area contributed by atoms with Crippen LogP contribution < -0.4 is 0 Å². The van der Waals surface area contributed by atoms with Crippen molar-refractivity contribution in [3.05, 3.63) is 0 Å². The zero-order valence-corrected chi connectivity index (χ0v) is 5.57. The van der Waals surface area contributed by atoms with Crippen LogP contribution in [0, 0.1) is 0 Å². The summed E-state index contributed by atoms with van der Waals surface area (Å²) in [6.45, 7) is -0.355. The smallest absolute Gasteiger partial charge is 0.184 e. The highest BCUT2D eigenvalue weighted by atomic mass is 16.7. The summed E-state index contributed by atoms with van der Waals surface area (Å²) in [4.78, 5) is 0. The molecule has 0 rings (SSSR count). The van der Waals surface area contributed by atoms with Crippen LogP contribution >= 0.6 is 0 Å². The van der Waals surface area contributed by atoms with Crippen molar-refractivity contribution in [1.82, 2.24) is 0 Å². The molecule has 0 aromatic rings. The summed E-state index contributed by atoms with van der Waals surface area (Å²) < 4.78 is 9.24. The van der Waals surface area contributed by atoms with Crippen LogP contribution in [0.15, 0.2) is 0 Å². The van der Waals surface area contributed by atoms with E-state index in [0.29, 0.717) is 0 Å². The molecule has 0 fully saturated rings. The second-order valence-corrected chi connectivity index (χ2v) is 1.59. The van der Waals surface area contributed by atoms with Gasteiger partial charge in [-0.05, 0) is 0 Å². The Morgan fingerprint density at radius 2 is 1.78 bits per heavy atom. The zero-order chi connectivity index (χ0) is 7.28. The van der Waals surface area contributed by atoms with Gasteiger partial charge in [-0.25, -0.2) is 0 Å². The number of methoxy groups -OCH3 is 2. The van der Waals surface area contributed by atoms with Crippen LogP contribution in [0.1, 0.15) is 0 Å². The van der Waals surface area contributed by atoms with Crippen LogP contribution in [0.5, 0.6) is 0 Å². The van der Waals surface area contributed by atoms with Gasteiger partial charge in [-0.1, -0.05) is 0 Å². The predicted molar refractivity (Wildman–Crippen MR) is 30.9 cm³/mol. The lowest BCUT2D eigenvalue weighted by molar-refractivity contribution is -0.173. The highest BCUT2D eigenvalue weighted by Gasteiger charge is 2.15. The molecule has 0 aromatic carbocycles. The molecule has 4 nitrogen and oxygen atoms in total. The quantitative estimate of drug-likeness (QED) is 0.484. The zero-order valence-electron chi connectivity index (χ0n) is 5.57. The van der Waals surface area contributed by atoms with Gasteiger partial charge in [-0.3, -0.25) is 0 Å². The molecule has 0 saturated heterocycles. The maximum absolute atomic E-state index is 8.82. The van der Waals surface area contributed by atoms with Gasteiger partial charge in [0, 0.05) is 14.2 Å². The SMILES string of the molecule is COC(OC)[C@H](O)CO. The molecule has 0 unspecified atom stereocenters. The van der Waals surface area contributed by atoms with E-state index in [-0.39, 0.29) is 6.61 Å². The molecule has 0 aliphatic rings. The molecule has 1 atom stereocenters. The molecule has 0 spiro atoms. The van der Waals surface area contributed by atoms with Gasteiger partial charge in [-0.2, -0.15) is 0 Å². The minimum atomic E-state index is -0.958. The Morgan fingerprint density at radius 1 is 1.33 bits per heavy atom. The van der Waals surface area contributed by atoms with Crippen LogP contribution in [0.25, 0.3) is 0 Å². The fraction of sp³-hybridized carbons (Fsp3) is 1.00. The van der Waals surface area contributed by atoms with Crippen molar-refractivity contribution in [2.75, 3.05) is 20.8 Å². The van der Waals surface area contributed by atoms with E-state index in [9.17, 15) is 0 Å². The Balaban J connectivity index is 3.50. The van der Waals surface area contributed by atoms with E-state index in [4.69, 9.17) is 10.2 Å². The van der Waals surface area contributed by atoms with Crippen LogP contribution in [-0.4, -0.2) is 43.4 Å². The Morgan fingerprint density at radius 3 is 1.89 bits per heavy atom. The Bertz CT molecular complexity index is 62.0. The third-order valence-corrected chi connectivity index (χ3v) is 0.966. The first-order valence-electron chi connectivity index (χ1n) is 2.60. The lowest BCUT2D eigenvalue weighted by atomic mass is 10.4. The molecule has 0 aliphatic heterocycles. The van der Waals surface area contributed by atoms with Crippen molar-refractivity contribution >= 4 is 0 Å². The summed E-state index contributed by atoms with van der Waals surface area (Å²) in [5.74, 6) is 0. The average molecular weight is 136 g/mol. The highest BCUT2D eigenvalue weighted by molar-refractivity contribution is 4.55. The fourth-order valence-electron chi connectivity index (χ4n) is 0.496. The third-order valence-electron chi connectivity index (χ3n) is 0.966. The molecular formula is C5H12O4. The van der Waals surface area contributed by atoms with Crippen molar-refractivity contribution in [3.8, 4) is 0 Å². The Labute approximate surface area is 54.0 Å². The monoisotopic (exact) mass is 136 g/mol. The van der Waals surface area contributed by atoms with Crippen molar-refractivity contribution in [2.45, 2.75) is 12.4 Å². The molecule has 2 N–H and O–H groups in total. The minimum Gasteiger partial charge on any atom is -0.393 e. The van der Waals surface area contributed by atoms with Crippen LogP contribution in [-0.2, 0) is 9.47 Å². The molecule has 0 heterocycles. The number of hydrogen-bond acceptors (Lipinski definition) is 4. The number of ether oxygens (including phenoxy) is 2. The molecular weight excluding hydrogens is 124 g/mol. The molecule has 0 amide bonds.